The van der Waals surface area contributed by atoms with E-state index >= 15 is 0 Å². The molecule has 3 heteroatoms. The summed E-state index contributed by atoms with van der Waals surface area (Å²) in [7, 11) is 0. The van der Waals surface area contributed by atoms with Crippen molar-refractivity contribution in [3.05, 3.63) is 206 Å². The molecule has 0 fully saturated rings. The molecule has 14 aromatic rings. The summed E-state index contributed by atoms with van der Waals surface area (Å²) >= 11 is 1.86. The van der Waals surface area contributed by atoms with E-state index in [-0.39, 0.29) is 0 Å². The van der Waals surface area contributed by atoms with Crippen LogP contribution in [0.5, 0.6) is 0 Å². The van der Waals surface area contributed by atoms with Crippen molar-refractivity contribution in [3.63, 3.8) is 0 Å². The fourth-order valence-electron chi connectivity index (χ4n) is 10.5. The molecule has 2 nitrogen and oxygen atoms in total. The minimum Gasteiger partial charge on any atom is -0.455 e. The largest absolute Gasteiger partial charge is 0.455 e. The van der Waals surface area contributed by atoms with Crippen LogP contribution in [0.1, 0.15) is 0 Å². The zero-order valence-corrected chi connectivity index (χ0v) is 34.7. The molecule has 0 radical (unpaired) electrons. The molecule has 0 N–H and O–H groups in total. The summed E-state index contributed by atoms with van der Waals surface area (Å²) in [5, 5.41) is 15.3. The molecule has 0 unspecified atom stereocenters. The molecule has 0 atom stereocenters. The third kappa shape index (κ3) is 5.00. The van der Waals surface area contributed by atoms with Crippen LogP contribution in [-0.4, -0.2) is 0 Å². The topological polar surface area (TPSA) is 26.3 Å². The van der Waals surface area contributed by atoms with Gasteiger partial charge in [-0.3, -0.25) is 0 Å². The van der Waals surface area contributed by atoms with Crippen molar-refractivity contribution < 1.29 is 8.83 Å². The average molecular weight is 819 g/mol. The molecular weight excluding hydrogens is 785 g/mol. The van der Waals surface area contributed by atoms with E-state index in [1.54, 1.807) is 0 Å². The van der Waals surface area contributed by atoms with Gasteiger partial charge in [-0.15, -0.1) is 11.3 Å². The van der Waals surface area contributed by atoms with Gasteiger partial charge in [-0.1, -0.05) is 176 Å². The SMILES string of the molecule is c1ccc(-c2c(-c3ccc4ccccc4c3)oc3c(-c4c5ccccc5c(-c5cccc6oc7c8ccccc8ccc7c56)c5ccccc45)c4sc5ccccc5c4cc23)cc1. The second-order valence-electron chi connectivity index (χ2n) is 16.6. The number of furan rings is 2. The highest BCUT2D eigenvalue weighted by atomic mass is 32.1. The Morgan fingerprint density at radius 3 is 1.73 bits per heavy atom. The molecule has 63 heavy (non-hydrogen) atoms. The summed E-state index contributed by atoms with van der Waals surface area (Å²) in [6.45, 7) is 0. The summed E-state index contributed by atoms with van der Waals surface area (Å²) in [6.07, 6.45) is 0. The lowest BCUT2D eigenvalue weighted by molar-refractivity contribution is 0.634. The number of fused-ring (bicyclic) bond motifs is 12. The molecule has 0 amide bonds. The average Bonchev–Trinajstić information content (AvgIpc) is 4.05. The summed E-state index contributed by atoms with van der Waals surface area (Å²) in [4.78, 5) is 0. The molecular formula is C60H34O2S. The predicted molar refractivity (Wildman–Crippen MR) is 268 cm³/mol. The molecule has 292 valence electrons. The van der Waals surface area contributed by atoms with Crippen molar-refractivity contribution >= 4 is 108 Å². The number of hydrogen-bond donors (Lipinski definition) is 0. The van der Waals surface area contributed by atoms with Gasteiger partial charge < -0.3 is 8.83 Å². The van der Waals surface area contributed by atoms with Crippen LogP contribution in [0.3, 0.4) is 0 Å². The van der Waals surface area contributed by atoms with Gasteiger partial charge in [0.1, 0.15) is 22.5 Å². The van der Waals surface area contributed by atoms with Crippen molar-refractivity contribution in [1.29, 1.82) is 0 Å². The maximum atomic E-state index is 7.52. The highest BCUT2D eigenvalue weighted by Crippen LogP contribution is 2.54. The van der Waals surface area contributed by atoms with E-state index < -0.39 is 0 Å². The van der Waals surface area contributed by atoms with E-state index in [1.807, 2.05) is 11.3 Å². The Morgan fingerprint density at radius 1 is 0.317 bits per heavy atom. The molecule has 3 heterocycles. The van der Waals surface area contributed by atoms with Crippen LogP contribution in [0.25, 0.3) is 141 Å². The molecule has 3 aromatic heterocycles. The summed E-state index contributed by atoms with van der Waals surface area (Å²) in [5.41, 5.74) is 10.7. The van der Waals surface area contributed by atoms with Crippen LogP contribution in [0.15, 0.2) is 215 Å². The lowest BCUT2D eigenvalue weighted by Gasteiger charge is -2.19. The number of benzene rings is 11. The van der Waals surface area contributed by atoms with Gasteiger partial charge in [0, 0.05) is 64.0 Å². The zero-order valence-electron chi connectivity index (χ0n) is 33.9. The van der Waals surface area contributed by atoms with Gasteiger partial charge in [-0.25, -0.2) is 0 Å². The molecule has 14 rings (SSSR count). The molecule has 0 saturated heterocycles. The van der Waals surface area contributed by atoms with Gasteiger partial charge in [-0.05, 0) is 84.7 Å². The molecule has 0 aliphatic carbocycles. The Labute approximate surface area is 365 Å². The van der Waals surface area contributed by atoms with Crippen LogP contribution in [-0.2, 0) is 0 Å². The van der Waals surface area contributed by atoms with E-state index in [4.69, 9.17) is 8.83 Å². The monoisotopic (exact) mass is 818 g/mol. The van der Waals surface area contributed by atoms with Crippen molar-refractivity contribution in [1.82, 2.24) is 0 Å². The van der Waals surface area contributed by atoms with Crippen LogP contribution in [0.2, 0.25) is 0 Å². The van der Waals surface area contributed by atoms with E-state index in [1.165, 1.54) is 69.0 Å². The van der Waals surface area contributed by atoms with Gasteiger partial charge in [0.2, 0.25) is 0 Å². The Morgan fingerprint density at radius 2 is 0.952 bits per heavy atom. The first kappa shape index (κ1) is 34.7. The minimum absolute atomic E-state index is 0.876. The fourth-order valence-corrected chi connectivity index (χ4v) is 11.7. The van der Waals surface area contributed by atoms with Gasteiger partial charge in [0.25, 0.3) is 0 Å². The Bertz CT molecular complexity index is 4150. The number of rotatable bonds is 4. The van der Waals surface area contributed by atoms with Gasteiger partial charge in [-0.2, -0.15) is 0 Å². The van der Waals surface area contributed by atoms with Crippen molar-refractivity contribution in [3.8, 4) is 44.7 Å². The third-order valence-corrected chi connectivity index (χ3v) is 14.4. The van der Waals surface area contributed by atoms with Gasteiger partial charge in [0.05, 0.1) is 0 Å². The van der Waals surface area contributed by atoms with Crippen molar-refractivity contribution in [2.75, 3.05) is 0 Å². The van der Waals surface area contributed by atoms with Crippen LogP contribution in [0.4, 0.5) is 0 Å². The molecule has 0 saturated carbocycles. The number of thiophene rings is 1. The highest BCUT2D eigenvalue weighted by Gasteiger charge is 2.28. The first-order valence-electron chi connectivity index (χ1n) is 21.5. The zero-order chi connectivity index (χ0) is 41.2. The maximum absolute atomic E-state index is 7.52. The molecule has 0 spiro atoms. The summed E-state index contributed by atoms with van der Waals surface area (Å²) in [5.74, 6) is 0.876. The fraction of sp³-hybridized carbons (Fsp3) is 0. The van der Waals surface area contributed by atoms with Crippen molar-refractivity contribution in [2.24, 2.45) is 0 Å². The van der Waals surface area contributed by atoms with Gasteiger partial charge in [0.15, 0.2) is 0 Å². The summed E-state index contributed by atoms with van der Waals surface area (Å²) in [6, 6.07) is 74.7. The molecule has 11 aromatic carbocycles. The second kappa shape index (κ2) is 13.3. The Hall–Kier alpha value is -7.98. The number of hydrogen-bond acceptors (Lipinski definition) is 3. The lowest BCUT2D eigenvalue weighted by atomic mass is 9.84. The predicted octanol–water partition coefficient (Wildman–Crippen LogP) is 18.0. The molecule has 0 bridgehead atoms. The van der Waals surface area contributed by atoms with E-state index in [0.29, 0.717) is 0 Å². The molecule has 0 aliphatic heterocycles. The lowest BCUT2D eigenvalue weighted by Crippen LogP contribution is -1.92. The normalized spacial score (nSPS) is 12.1. The van der Waals surface area contributed by atoms with Crippen LogP contribution < -0.4 is 0 Å². The summed E-state index contributed by atoms with van der Waals surface area (Å²) < 4.78 is 16.8. The van der Waals surface area contributed by atoms with Crippen LogP contribution in [0, 0.1) is 0 Å². The Balaban J connectivity index is 1.15. The quantitative estimate of drug-likeness (QED) is 0.165. The third-order valence-electron chi connectivity index (χ3n) is 13.2. The first-order chi connectivity index (χ1) is 31.3. The first-order valence-corrected chi connectivity index (χ1v) is 22.3. The minimum atomic E-state index is 0.876. The van der Waals surface area contributed by atoms with Crippen LogP contribution >= 0.6 is 11.3 Å². The smallest absolute Gasteiger partial charge is 0.144 e. The highest BCUT2D eigenvalue weighted by molar-refractivity contribution is 7.26. The standard InChI is InChI=1S/C60H34O2S/c1-2-17-37(18-3-1)52-49-34-48-41-21-12-13-28-51(41)63-60(48)56(59(49)62-57(52)39-30-29-35-15-4-5-19-38(35)33-39)55-44-24-10-8-22-42(44)53(43-23-9-11-25-45(43)55)46-26-14-27-50-54(46)47-32-31-36-16-6-7-20-40(36)58(47)61-50/h1-34H. The Kier molecular flexibility index (Phi) is 7.30. The maximum Gasteiger partial charge on any atom is 0.144 e. The second-order valence-corrected chi connectivity index (χ2v) is 17.7. The van der Waals surface area contributed by atoms with Crippen molar-refractivity contribution in [2.45, 2.75) is 0 Å². The molecule has 0 aliphatic rings. The van der Waals surface area contributed by atoms with E-state index in [2.05, 4.69) is 206 Å². The van der Waals surface area contributed by atoms with E-state index in [0.717, 1.165) is 71.9 Å². The van der Waals surface area contributed by atoms with E-state index in [9.17, 15) is 0 Å². The van der Waals surface area contributed by atoms with Gasteiger partial charge >= 0.3 is 0 Å².